The Morgan fingerprint density at radius 2 is 2.17 bits per heavy atom. The maximum absolute atomic E-state index is 6.00. The number of benzene rings is 1. The first-order valence-electron chi connectivity index (χ1n) is 6.17. The second kappa shape index (κ2) is 4.53. The van der Waals surface area contributed by atoms with Gasteiger partial charge in [-0.2, -0.15) is 0 Å². The molecule has 1 atom stereocenters. The van der Waals surface area contributed by atoms with Crippen molar-refractivity contribution in [3.05, 3.63) is 29.0 Å². The van der Waals surface area contributed by atoms with Gasteiger partial charge in [0.15, 0.2) is 0 Å². The standard InChI is InChI=1S/C13H17ClN4/c1-17-5-6-18(2)12(8-17)13-15-10-4-3-9(14)7-11(10)16-13/h3-4,7,12H,5-6,8H2,1-2H3,(H,15,16). The second-order valence-electron chi connectivity index (χ2n) is 5.04. The molecule has 0 amide bonds. The minimum atomic E-state index is 0.329. The van der Waals surface area contributed by atoms with Crippen LogP contribution in [0.3, 0.4) is 0 Å². The number of hydrogen-bond donors (Lipinski definition) is 1. The molecule has 1 unspecified atom stereocenters. The van der Waals surface area contributed by atoms with Gasteiger partial charge in [-0.3, -0.25) is 4.90 Å². The molecule has 1 saturated heterocycles. The molecule has 0 aliphatic carbocycles. The van der Waals surface area contributed by atoms with Gasteiger partial charge in [0, 0.05) is 24.7 Å². The highest BCUT2D eigenvalue weighted by atomic mass is 35.5. The van der Waals surface area contributed by atoms with Gasteiger partial charge in [-0.15, -0.1) is 0 Å². The summed E-state index contributed by atoms with van der Waals surface area (Å²) in [6, 6.07) is 6.10. The lowest BCUT2D eigenvalue weighted by molar-refractivity contribution is 0.110. The van der Waals surface area contributed by atoms with E-state index in [1.165, 1.54) is 0 Å². The Hall–Kier alpha value is -1.10. The molecule has 0 radical (unpaired) electrons. The van der Waals surface area contributed by atoms with Gasteiger partial charge in [-0.25, -0.2) is 4.98 Å². The first-order chi connectivity index (χ1) is 8.63. The van der Waals surface area contributed by atoms with Crippen LogP contribution in [-0.2, 0) is 0 Å². The van der Waals surface area contributed by atoms with Gasteiger partial charge in [-0.1, -0.05) is 11.6 Å². The van der Waals surface area contributed by atoms with Gasteiger partial charge < -0.3 is 9.88 Å². The molecule has 0 saturated carbocycles. The van der Waals surface area contributed by atoms with Crippen LogP contribution in [0.15, 0.2) is 18.2 Å². The summed E-state index contributed by atoms with van der Waals surface area (Å²) in [7, 11) is 4.30. The fourth-order valence-corrected chi connectivity index (χ4v) is 2.64. The van der Waals surface area contributed by atoms with Crippen molar-refractivity contribution in [2.75, 3.05) is 33.7 Å². The largest absolute Gasteiger partial charge is 0.341 e. The number of aromatic amines is 1. The van der Waals surface area contributed by atoms with Gasteiger partial charge in [0.1, 0.15) is 5.82 Å². The SMILES string of the molecule is CN1CCN(C)C(c2nc3ccc(Cl)cc3[nH]2)C1. The lowest BCUT2D eigenvalue weighted by Gasteiger charge is -2.36. The molecule has 96 valence electrons. The number of imidazole rings is 1. The summed E-state index contributed by atoms with van der Waals surface area (Å²) >= 11 is 6.00. The summed E-state index contributed by atoms with van der Waals surface area (Å²) in [5.41, 5.74) is 2.00. The molecule has 1 aliphatic rings. The summed E-state index contributed by atoms with van der Waals surface area (Å²) in [4.78, 5) is 12.8. The molecule has 1 aromatic heterocycles. The van der Waals surface area contributed by atoms with Crippen LogP contribution in [0.1, 0.15) is 11.9 Å². The third-order valence-electron chi connectivity index (χ3n) is 3.63. The Morgan fingerprint density at radius 3 is 3.00 bits per heavy atom. The van der Waals surface area contributed by atoms with Crippen molar-refractivity contribution >= 4 is 22.6 Å². The molecular weight excluding hydrogens is 248 g/mol. The Kier molecular flexibility index (Phi) is 3.01. The van der Waals surface area contributed by atoms with E-state index in [2.05, 4.69) is 33.9 Å². The molecule has 1 fully saturated rings. The van der Waals surface area contributed by atoms with Crippen molar-refractivity contribution < 1.29 is 0 Å². The minimum Gasteiger partial charge on any atom is -0.341 e. The van der Waals surface area contributed by atoms with Gasteiger partial charge in [0.25, 0.3) is 0 Å². The molecule has 3 rings (SSSR count). The first-order valence-corrected chi connectivity index (χ1v) is 6.55. The summed E-state index contributed by atoms with van der Waals surface area (Å²) in [6.07, 6.45) is 0. The Morgan fingerprint density at radius 1 is 1.33 bits per heavy atom. The number of likely N-dealkylation sites (N-methyl/N-ethyl adjacent to an activating group) is 2. The quantitative estimate of drug-likeness (QED) is 0.857. The Labute approximate surface area is 112 Å². The van der Waals surface area contributed by atoms with E-state index >= 15 is 0 Å². The highest BCUT2D eigenvalue weighted by Crippen LogP contribution is 2.24. The number of nitrogens with one attached hydrogen (secondary N) is 1. The lowest BCUT2D eigenvalue weighted by atomic mass is 10.2. The van der Waals surface area contributed by atoms with Crippen LogP contribution in [-0.4, -0.2) is 53.5 Å². The fraction of sp³-hybridized carbons (Fsp3) is 0.462. The van der Waals surface area contributed by atoms with Crippen LogP contribution >= 0.6 is 11.6 Å². The molecule has 1 N–H and O–H groups in total. The number of H-pyrrole nitrogens is 1. The predicted molar refractivity (Wildman–Crippen MR) is 74.0 cm³/mol. The van der Waals surface area contributed by atoms with Crippen LogP contribution in [0, 0.1) is 0 Å². The number of hydrogen-bond acceptors (Lipinski definition) is 3. The number of aromatic nitrogens is 2. The van der Waals surface area contributed by atoms with Gasteiger partial charge >= 0.3 is 0 Å². The third-order valence-corrected chi connectivity index (χ3v) is 3.86. The average Bonchev–Trinajstić information content (AvgIpc) is 2.74. The maximum atomic E-state index is 6.00. The smallest absolute Gasteiger partial charge is 0.125 e. The number of halogens is 1. The van der Waals surface area contributed by atoms with Crippen molar-refractivity contribution in [3.8, 4) is 0 Å². The van der Waals surface area contributed by atoms with Crippen molar-refractivity contribution in [1.82, 2.24) is 19.8 Å². The number of rotatable bonds is 1. The van der Waals surface area contributed by atoms with E-state index in [9.17, 15) is 0 Å². The van der Waals surface area contributed by atoms with Crippen LogP contribution in [0.2, 0.25) is 5.02 Å². The molecule has 4 nitrogen and oxygen atoms in total. The van der Waals surface area contributed by atoms with Gasteiger partial charge in [0.2, 0.25) is 0 Å². The molecule has 2 heterocycles. The molecule has 0 bridgehead atoms. The van der Waals surface area contributed by atoms with E-state index in [1.807, 2.05) is 18.2 Å². The van der Waals surface area contributed by atoms with E-state index in [-0.39, 0.29) is 0 Å². The zero-order valence-corrected chi connectivity index (χ0v) is 11.4. The molecule has 0 spiro atoms. The van der Waals surface area contributed by atoms with E-state index in [4.69, 9.17) is 11.6 Å². The summed E-state index contributed by atoms with van der Waals surface area (Å²) < 4.78 is 0. The van der Waals surface area contributed by atoms with Crippen molar-refractivity contribution in [2.45, 2.75) is 6.04 Å². The van der Waals surface area contributed by atoms with E-state index < -0.39 is 0 Å². The molecule has 18 heavy (non-hydrogen) atoms. The number of nitrogens with zero attached hydrogens (tertiary/aromatic N) is 3. The Bertz CT molecular complexity index is 565. The summed E-state index contributed by atoms with van der Waals surface area (Å²) in [6.45, 7) is 3.18. The molecule has 5 heteroatoms. The lowest BCUT2D eigenvalue weighted by Crippen LogP contribution is -2.45. The van der Waals surface area contributed by atoms with Crippen LogP contribution < -0.4 is 0 Å². The van der Waals surface area contributed by atoms with Gasteiger partial charge in [0.05, 0.1) is 17.1 Å². The summed E-state index contributed by atoms with van der Waals surface area (Å²) in [5, 5.41) is 0.742. The third kappa shape index (κ3) is 2.11. The fourth-order valence-electron chi connectivity index (χ4n) is 2.46. The van der Waals surface area contributed by atoms with Crippen LogP contribution in [0.4, 0.5) is 0 Å². The molecular formula is C13H17ClN4. The summed E-state index contributed by atoms with van der Waals surface area (Å²) in [5.74, 6) is 1.03. The van der Waals surface area contributed by atoms with Crippen molar-refractivity contribution in [2.24, 2.45) is 0 Å². The van der Waals surface area contributed by atoms with Crippen molar-refractivity contribution in [3.63, 3.8) is 0 Å². The molecule has 1 aromatic carbocycles. The maximum Gasteiger partial charge on any atom is 0.125 e. The highest BCUT2D eigenvalue weighted by molar-refractivity contribution is 6.31. The number of piperazine rings is 1. The zero-order chi connectivity index (χ0) is 12.7. The Balaban J connectivity index is 1.97. The molecule has 1 aliphatic heterocycles. The average molecular weight is 265 g/mol. The minimum absolute atomic E-state index is 0.329. The van der Waals surface area contributed by atoms with E-state index in [0.717, 1.165) is 41.5 Å². The molecule has 2 aromatic rings. The van der Waals surface area contributed by atoms with Crippen LogP contribution in [0.25, 0.3) is 11.0 Å². The van der Waals surface area contributed by atoms with Crippen molar-refractivity contribution in [1.29, 1.82) is 0 Å². The number of fused-ring (bicyclic) bond motifs is 1. The highest BCUT2D eigenvalue weighted by Gasteiger charge is 2.26. The van der Waals surface area contributed by atoms with E-state index in [1.54, 1.807) is 0 Å². The predicted octanol–water partition coefficient (Wildman–Crippen LogP) is 2.13. The van der Waals surface area contributed by atoms with Crippen LogP contribution in [0.5, 0.6) is 0 Å². The van der Waals surface area contributed by atoms with E-state index in [0.29, 0.717) is 6.04 Å². The van der Waals surface area contributed by atoms with Gasteiger partial charge in [-0.05, 0) is 32.3 Å². The normalized spacial score (nSPS) is 22.7. The first kappa shape index (κ1) is 12.0. The zero-order valence-electron chi connectivity index (χ0n) is 10.7. The monoisotopic (exact) mass is 264 g/mol. The topological polar surface area (TPSA) is 35.2 Å². The second-order valence-corrected chi connectivity index (χ2v) is 5.48.